The molecule has 0 spiro atoms. The average Bonchev–Trinajstić information content (AvgIpc) is 2.32. The summed E-state index contributed by atoms with van der Waals surface area (Å²) in [4.78, 5) is 36.6. The number of carbonyl (C=O) groups excluding carboxylic acids is 2. The average molecular weight is 274 g/mol. The van der Waals surface area contributed by atoms with Crippen molar-refractivity contribution in [1.29, 1.82) is 0 Å². The maximum Gasteiger partial charge on any atom is 0.325 e. The summed E-state index contributed by atoms with van der Waals surface area (Å²) in [6.45, 7) is 5.47. The number of carbonyl (C=O) groups is 3. The van der Waals surface area contributed by atoms with Gasteiger partial charge in [-0.25, -0.2) is 4.79 Å². The molecule has 0 fully saturated rings. The van der Waals surface area contributed by atoms with Crippen LogP contribution in [0.4, 0.5) is 4.79 Å². The molecule has 0 heterocycles. The highest BCUT2D eigenvalue weighted by Crippen LogP contribution is 2.04. The first-order chi connectivity index (χ1) is 8.79. The van der Waals surface area contributed by atoms with E-state index >= 15 is 0 Å². The van der Waals surface area contributed by atoms with Gasteiger partial charge in [0.2, 0.25) is 0 Å². The molecule has 0 unspecified atom stereocenters. The first kappa shape index (κ1) is 17.2. The Morgan fingerprint density at radius 1 is 1.26 bits per heavy atom. The molecule has 0 aromatic heterocycles. The number of hydrogen-bond acceptors (Lipinski definition) is 4. The van der Waals surface area contributed by atoms with E-state index in [-0.39, 0.29) is 38.2 Å². The van der Waals surface area contributed by atoms with Gasteiger partial charge in [0.05, 0.1) is 13.0 Å². The van der Waals surface area contributed by atoms with E-state index in [2.05, 4.69) is 0 Å². The molecule has 0 bridgehead atoms. The van der Waals surface area contributed by atoms with Gasteiger partial charge in [-0.2, -0.15) is 0 Å². The lowest BCUT2D eigenvalue weighted by Crippen LogP contribution is -2.47. The van der Waals surface area contributed by atoms with E-state index in [1.807, 2.05) is 0 Å². The van der Waals surface area contributed by atoms with Crippen molar-refractivity contribution in [2.75, 3.05) is 26.7 Å². The maximum absolute atomic E-state index is 12.1. The van der Waals surface area contributed by atoms with Crippen molar-refractivity contribution >= 4 is 18.0 Å². The largest absolute Gasteiger partial charge is 0.481 e. The summed E-state index contributed by atoms with van der Waals surface area (Å²) in [5, 5.41) is 8.58. The van der Waals surface area contributed by atoms with Gasteiger partial charge in [0, 0.05) is 19.6 Å². The topological polar surface area (TPSA) is 87.2 Å². The number of amides is 2. The number of urea groups is 1. The van der Waals surface area contributed by atoms with Gasteiger partial charge < -0.3 is 19.6 Å². The number of aliphatic carboxylic acids is 1. The van der Waals surface area contributed by atoms with E-state index in [0.717, 1.165) is 0 Å². The van der Waals surface area contributed by atoms with Crippen LogP contribution in [0.2, 0.25) is 0 Å². The van der Waals surface area contributed by atoms with Crippen LogP contribution in [0.1, 0.15) is 27.2 Å². The second kappa shape index (κ2) is 8.34. The summed E-state index contributed by atoms with van der Waals surface area (Å²) in [6.07, 6.45) is -0.131. The number of carboxylic acid groups (broad SMARTS) is 1. The highest BCUT2D eigenvalue weighted by atomic mass is 16.5. The molecule has 0 aromatic carbocycles. The van der Waals surface area contributed by atoms with Gasteiger partial charge in [-0.15, -0.1) is 0 Å². The fourth-order valence-corrected chi connectivity index (χ4v) is 1.40. The van der Waals surface area contributed by atoms with Gasteiger partial charge in [0.15, 0.2) is 0 Å². The van der Waals surface area contributed by atoms with Crippen LogP contribution < -0.4 is 0 Å². The molecule has 0 radical (unpaired) electrons. The second-order valence-electron chi connectivity index (χ2n) is 4.37. The van der Waals surface area contributed by atoms with Crippen molar-refractivity contribution in [3.8, 4) is 0 Å². The number of ether oxygens (including phenoxy) is 1. The number of esters is 1. The van der Waals surface area contributed by atoms with Crippen LogP contribution >= 0.6 is 0 Å². The Morgan fingerprint density at radius 3 is 2.26 bits per heavy atom. The van der Waals surface area contributed by atoms with Gasteiger partial charge in [0.1, 0.15) is 6.54 Å². The minimum Gasteiger partial charge on any atom is -0.481 e. The zero-order chi connectivity index (χ0) is 15.0. The van der Waals surface area contributed by atoms with Crippen LogP contribution in [0.5, 0.6) is 0 Å². The number of nitrogens with zero attached hydrogens (tertiary/aromatic N) is 2. The first-order valence-electron chi connectivity index (χ1n) is 6.18. The van der Waals surface area contributed by atoms with Crippen LogP contribution in [0.3, 0.4) is 0 Å². The van der Waals surface area contributed by atoms with Crippen molar-refractivity contribution in [3.05, 3.63) is 0 Å². The van der Waals surface area contributed by atoms with Crippen LogP contribution in [0.25, 0.3) is 0 Å². The Morgan fingerprint density at radius 2 is 1.84 bits per heavy atom. The third-order valence-electron chi connectivity index (χ3n) is 2.46. The molecule has 0 atom stereocenters. The lowest BCUT2D eigenvalue weighted by Gasteiger charge is -2.30. The molecule has 110 valence electrons. The zero-order valence-electron chi connectivity index (χ0n) is 11.9. The lowest BCUT2D eigenvalue weighted by molar-refractivity contribution is -0.144. The molecule has 0 aromatic rings. The Labute approximate surface area is 113 Å². The van der Waals surface area contributed by atoms with Gasteiger partial charge >= 0.3 is 18.0 Å². The summed E-state index contributed by atoms with van der Waals surface area (Å²) in [5.74, 6) is -1.45. The van der Waals surface area contributed by atoms with E-state index in [9.17, 15) is 14.4 Å². The van der Waals surface area contributed by atoms with Gasteiger partial charge in [0.25, 0.3) is 0 Å². The molecule has 0 rings (SSSR count). The molecule has 19 heavy (non-hydrogen) atoms. The molecule has 0 aliphatic carbocycles. The lowest BCUT2D eigenvalue weighted by atomic mass is 10.3. The van der Waals surface area contributed by atoms with Crippen molar-refractivity contribution in [3.63, 3.8) is 0 Å². The van der Waals surface area contributed by atoms with E-state index in [1.54, 1.807) is 20.8 Å². The van der Waals surface area contributed by atoms with Crippen molar-refractivity contribution in [1.82, 2.24) is 9.80 Å². The van der Waals surface area contributed by atoms with Crippen LogP contribution in [-0.2, 0) is 14.3 Å². The minimum absolute atomic E-state index is 0.0974. The molecule has 7 nitrogen and oxygen atoms in total. The molecule has 0 saturated carbocycles. The molecule has 7 heteroatoms. The highest BCUT2D eigenvalue weighted by molar-refractivity contribution is 5.81. The van der Waals surface area contributed by atoms with Crippen molar-refractivity contribution in [2.24, 2.45) is 0 Å². The summed E-state index contributed by atoms with van der Waals surface area (Å²) < 4.78 is 4.81. The third-order valence-corrected chi connectivity index (χ3v) is 2.46. The molecule has 2 amide bonds. The number of hydrogen-bond donors (Lipinski definition) is 1. The predicted octanol–water partition coefficient (Wildman–Crippen LogP) is 0.786. The second-order valence-corrected chi connectivity index (χ2v) is 4.37. The van der Waals surface area contributed by atoms with E-state index < -0.39 is 11.9 Å². The summed E-state index contributed by atoms with van der Waals surface area (Å²) in [7, 11) is 1.51. The maximum atomic E-state index is 12.1. The highest BCUT2D eigenvalue weighted by Gasteiger charge is 2.23. The number of rotatable bonds is 7. The molecule has 1 N–H and O–H groups in total. The third kappa shape index (κ3) is 6.64. The monoisotopic (exact) mass is 274 g/mol. The van der Waals surface area contributed by atoms with E-state index in [0.29, 0.717) is 0 Å². The van der Waals surface area contributed by atoms with E-state index in [4.69, 9.17) is 9.84 Å². The minimum atomic E-state index is -0.971. The fraction of sp³-hybridized carbons (Fsp3) is 0.750. The van der Waals surface area contributed by atoms with Crippen molar-refractivity contribution < 1.29 is 24.2 Å². The Bertz CT molecular complexity index is 330. The van der Waals surface area contributed by atoms with Crippen molar-refractivity contribution in [2.45, 2.75) is 33.2 Å². The molecule has 0 saturated heterocycles. The normalized spacial score (nSPS) is 10.2. The van der Waals surface area contributed by atoms with Crippen LogP contribution in [0.15, 0.2) is 0 Å². The molecule has 0 aliphatic rings. The fourth-order valence-electron chi connectivity index (χ4n) is 1.40. The van der Waals surface area contributed by atoms with Gasteiger partial charge in [-0.05, 0) is 20.8 Å². The molecule has 0 aliphatic heterocycles. The van der Waals surface area contributed by atoms with Crippen LogP contribution in [-0.4, -0.2) is 65.7 Å². The van der Waals surface area contributed by atoms with Gasteiger partial charge in [-0.1, -0.05) is 0 Å². The quantitative estimate of drug-likeness (QED) is 0.693. The summed E-state index contributed by atoms with van der Waals surface area (Å²) in [6, 6.07) is -0.562. The summed E-state index contributed by atoms with van der Waals surface area (Å²) >= 11 is 0. The Balaban J connectivity index is 4.56. The van der Waals surface area contributed by atoms with Gasteiger partial charge in [-0.3, -0.25) is 9.59 Å². The Kier molecular flexibility index (Phi) is 7.55. The Hall–Kier alpha value is -1.79. The van der Waals surface area contributed by atoms with Crippen LogP contribution in [0, 0.1) is 0 Å². The molecular formula is C12H22N2O5. The van der Waals surface area contributed by atoms with E-state index in [1.165, 1.54) is 16.8 Å². The first-order valence-corrected chi connectivity index (χ1v) is 6.18. The SMILES string of the molecule is CCOC(=O)CN(C(=O)N(C)CCC(=O)O)C(C)C. The standard InChI is InChI=1S/C12H22N2O5/c1-5-19-11(17)8-14(9(2)3)12(18)13(4)7-6-10(15)16/h9H,5-8H2,1-4H3,(H,15,16). The number of carboxylic acids is 1. The smallest absolute Gasteiger partial charge is 0.325 e. The zero-order valence-corrected chi connectivity index (χ0v) is 11.9. The summed E-state index contributed by atoms with van der Waals surface area (Å²) in [5.41, 5.74) is 0. The molecular weight excluding hydrogens is 252 g/mol. The predicted molar refractivity (Wildman–Crippen MR) is 68.8 cm³/mol.